The summed E-state index contributed by atoms with van der Waals surface area (Å²) in [6.45, 7) is 8.32. The van der Waals surface area contributed by atoms with Gasteiger partial charge in [0.25, 0.3) is 0 Å². The van der Waals surface area contributed by atoms with Crippen LogP contribution in [-0.4, -0.2) is 29.2 Å². The first-order valence-corrected chi connectivity index (χ1v) is 10.0. The van der Waals surface area contributed by atoms with Gasteiger partial charge in [-0.1, -0.05) is 55.1 Å². The van der Waals surface area contributed by atoms with Crippen LogP contribution in [0.15, 0.2) is 78.6 Å². The third-order valence-electron chi connectivity index (χ3n) is 4.73. The summed E-state index contributed by atoms with van der Waals surface area (Å²) in [6, 6.07) is 16.5. The van der Waals surface area contributed by atoms with E-state index in [4.69, 9.17) is 4.74 Å². The van der Waals surface area contributed by atoms with E-state index in [1.165, 1.54) is 11.1 Å². The fourth-order valence-electron chi connectivity index (χ4n) is 3.13. The third-order valence-corrected chi connectivity index (χ3v) is 4.73. The summed E-state index contributed by atoms with van der Waals surface area (Å²) in [7, 11) is 1.77. The Bertz CT molecular complexity index is 993. The molecule has 0 spiro atoms. The van der Waals surface area contributed by atoms with Crippen molar-refractivity contribution in [2.45, 2.75) is 26.6 Å². The van der Waals surface area contributed by atoms with Crippen LogP contribution in [0.1, 0.15) is 22.5 Å². The number of guanidine groups is 1. The van der Waals surface area contributed by atoms with Crippen LogP contribution in [0.5, 0.6) is 5.75 Å². The molecule has 0 fully saturated rings. The number of aliphatic imine (C=N–C) groups is 1. The normalized spacial score (nSPS) is 11.2. The number of hydrogen-bond acceptors (Lipinski definition) is 3. The Labute approximate surface area is 178 Å². The molecule has 30 heavy (non-hydrogen) atoms. The number of hydrogen-bond donors (Lipinski definition) is 2. The zero-order valence-electron chi connectivity index (χ0n) is 17.6. The number of ether oxygens (including phenoxy) is 1. The Balaban J connectivity index is 1.55. The van der Waals surface area contributed by atoms with Crippen LogP contribution in [0.2, 0.25) is 0 Å². The lowest BCUT2D eigenvalue weighted by Gasteiger charge is -2.15. The maximum absolute atomic E-state index is 5.72. The minimum absolute atomic E-state index is 0.485. The topological polar surface area (TPSA) is 63.5 Å². The second-order valence-corrected chi connectivity index (χ2v) is 6.91. The lowest BCUT2D eigenvalue weighted by Crippen LogP contribution is -2.36. The van der Waals surface area contributed by atoms with Crippen molar-refractivity contribution in [3.63, 3.8) is 0 Å². The molecule has 3 rings (SSSR count). The Morgan fingerprint density at radius 1 is 1.13 bits per heavy atom. The molecule has 2 aromatic carbocycles. The Hall–Kier alpha value is -3.54. The van der Waals surface area contributed by atoms with Gasteiger partial charge in [0.1, 0.15) is 18.2 Å². The second-order valence-electron chi connectivity index (χ2n) is 6.91. The molecule has 1 heterocycles. The number of benzene rings is 2. The van der Waals surface area contributed by atoms with E-state index < -0.39 is 0 Å². The van der Waals surface area contributed by atoms with Gasteiger partial charge in [-0.05, 0) is 24.1 Å². The number of aromatic nitrogens is 2. The van der Waals surface area contributed by atoms with Crippen LogP contribution in [-0.2, 0) is 19.6 Å². The van der Waals surface area contributed by atoms with Gasteiger partial charge in [-0.25, -0.2) is 4.98 Å². The molecule has 0 aliphatic heterocycles. The van der Waals surface area contributed by atoms with Crippen LogP contribution in [0.3, 0.4) is 0 Å². The maximum atomic E-state index is 5.72. The summed E-state index contributed by atoms with van der Waals surface area (Å²) in [6.07, 6.45) is 5.58. The van der Waals surface area contributed by atoms with Gasteiger partial charge in [0.05, 0.1) is 0 Å². The van der Waals surface area contributed by atoms with E-state index in [-0.39, 0.29) is 0 Å². The molecule has 6 heteroatoms. The van der Waals surface area contributed by atoms with Gasteiger partial charge in [0, 0.05) is 44.6 Å². The van der Waals surface area contributed by atoms with E-state index >= 15 is 0 Å². The predicted molar refractivity (Wildman–Crippen MR) is 122 cm³/mol. The van der Waals surface area contributed by atoms with Gasteiger partial charge in [0.15, 0.2) is 5.96 Å². The zero-order valence-corrected chi connectivity index (χ0v) is 17.6. The maximum Gasteiger partial charge on any atom is 0.191 e. The average Bonchev–Trinajstić information content (AvgIpc) is 3.17. The largest absolute Gasteiger partial charge is 0.489 e. The van der Waals surface area contributed by atoms with Gasteiger partial charge in [-0.2, -0.15) is 0 Å². The molecular weight excluding hydrogens is 374 g/mol. The van der Waals surface area contributed by atoms with Crippen molar-refractivity contribution in [2.24, 2.45) is 4.99 Å². The molecule has 0 unspecified atom stereocenters. The van der Waals surface area contributed by atoms with Gasteiger partial charge >= 0.3 is 0 Å². The van der Waals surface area contributed by atoms with Crippen LogP contribution in [0.4, 0.5) is 0 Å². The first kappa shape index (κ1) is 21.2. The van der Waals surface area contributed by atoms with E-state index in [9.17, 15) is 0 Å². The van der Waals surface area contributed by atoms with Crippen molar-refractivity contribution in [2.75, 3.05) is 13.7 Å². The number of nitrogens with one attached hydrogen (secondary N) is 2. The summed E-state index contributed by atoms with van der Waals surface area (Å²) in [5.74, 6) is 2.60. The lowest BCUT2D eigenvalue weighted by atomic mass is 10.1. The molecular formula is C24H29N5O. The monoisotopic (exact) mass is 403 g/mol. The minimum atomic E-state index is 0.485. The first-order chi connectivity index (χ1) is 14.7. The first-order valence-electron chi connectivity index (χ1n) is 10.0. The summed E-state index contributed by atoms with van der Waals surface area (Å²) in [5.41, 5.74) is 3.51. The quantitative estimate of drug-likeness (QED) is 0.325. The summed E-state index contributed by atoms with van der Waals surface area (Å²) < 4.78 is 7.86. The van der Waals surface area contributed by atoms with E-state index in [1.807, 2.05) is 43.6 Å². The van der Waals surface area contributed by atoms with Gasteiger partial charge < -0.3 is 19.9 Å². The number of para-hydroxylation sites is 1. The highest BCUT2D eigenvalue weighted by Crippen LogP contribution is 2.17. The number of nitrogens with zero attached hydrogens (tertiary/aromatic N) is 3. The summed E-state index contributed by atoms with van der Waals surface area (Å²) in [4.78, 5) is 8.62. The third kappa shape index (κ3) is 5.98. The molecule has 0 radical (unpaired) electrons. The molecule has 0 saturated carbocycles. The lowest BCUT2D eigenvalue weighted by molar-refractivity contribution is 0.358. The molecule has 0 aliphatic carbocycles. The molecule has 2 N–H and O–H groups in total. The second kappa shape index (κ2) is 10.9. The molecule has 1 aromatic heterocycles. The predicted octanol–water partition coefficient (Wildman–Crippen LogP) is 3.67. The van der Waals surface area contributed by atoms with Crippen molar-refractivity contribution in [3.8, 4) is 5.75 Å². The molecule has 0 amide bonds. The smallest absolute Gasteiger partial charge is 0.191 e. The molecule has 0 bridgehead atoms. The van der Waals surface area contributed by atoms with Crippen molar-refractivity contribution in [3.05, 3.63) is 96.1 Å². The molecule has 3 aromatic rings. The highest BCUT2D eigenvalue weighted by atomic mass is 16.5. The molecule has 0 aliphatic rings. The van der Waals surface area contributed by atoms with Crippen molar-refractivity contribution < 1.29 is 4.74 Å². The highest BCUT2D eigenvalue weighted by Gasteiger charge is 2.05. The molecule has 0 saturated heterocycles. The Kier molecular flexibility index (Phi) is 7.66. The van der Waals surface area contributed by atoms with E-state index in [1.54, 1.807) is 13.1 Å². The number of imidazole rings is 1. The van der Waals surface area contributed by atoms with E-state index in [2.05, 4.69) is 56.0 Å². The Morgan fingerprint density at radius 3 is 2.70 bits per heavy atom. The van der Waals surface area contributed by atoms with Crippen LogP contribution < -0.4 is 15.4 Å². The SMILES string of the molecule is C=CCOc1ccccc1CNC(=NC)NCc1cccc(Cn2ccnc2C)c1. The van der Waals surface area contributed by atoms with E-state index in [0.29, 0.717) is 19.7 Å². The fourth-order valence-corrected chi connectivity index (χ4v) is 3.13. The Morgan fingerprint density at radius 2 is 1.93 bits per heavy atom. The molecule has 0 atom stereocenters. The number of aryl methyl sites for hydroxylation is 1. The van der Waals surface area contributed by atoms with Crippen LogP contribution in [0, 0.1) is 6.92 Å². The van der Waals surface area contributed by atoms with Crippen molar-refractivity contribution in [1.29, 1.82) is 0 Å². The van der Waals surface area contributed by atoms with Crippen molar-refractivity contribution >= 4 is 5.96 Å². The zero-order chi connectivity index (χ0) is 21.2. The molecule has 6 nitrogen and oxygen atoms in total. The van der Waals surface area contributed by atoms with Crippen LogP contribution in [0.25, 0.3) is 0 Å². The van der Waals surface area contributed by atoms with Gasteiger partial charge in [0.2, 0.25) is 0 Å². The average molecular weight is 404 g/mol. The van der Waals surface area contributed by atoms with Gasteiger partial charge in [-0.15, -0.1) is 0 Å². The van der Waals surface area contributed by atoms with Crippen molar-refractivity contribution in [1.82, 2.24) is 20.2 Å². The minimum Gasteiger partial charge on any atom is -0.489 e. The van der Waals surface area contributed by atoms with Crippen LogP contribution >= 0.6 is 0 Å². The number of rotatable bonds is 9. The van der Waals surface area contributed by atoms with Gasteiger partial charge in [-0.3, -0.25) is 4.99 Å². The summed E-state index contributed by atoms with van der Waals surface area (Å²) in [5, 5.41) is 6.73. The molecule has 156 valence electrons. The van der Waals surface area contributed by atoms with E-state index in [0.717, 1.165) is 29.6 Å². The fraction of sp³-hybridized carbons (Fsp3) is 0.250. The highest BCUT2D eigenvalue weighted by molar-refractivity contribution is 5.79. The summed E-state index contributed by atoms with van der Waals surface area (Å²) >= 11 is 0. The standard InChI is InChI=1S/C24H29N5O/c1-4-14-30-23-11-6-5-10-22(23)17-28-24(25-3)27-16-20-8-7-9-21(15-20)18-29-13-12-26-19(29)2/h4-13,15H,1,14,16-18H2,2-3H3,(H2,25,27,28).